The van der Waals surface area contributed by atoms with E-state index < -0.39 is 15.8 Å². The van der Waals surface area contributed by atoms with E-state index >= 15 is 0 Å². The Bertz CT molecular complexity index is 1130. The van der Waals surface area contributed by atoms with E-state index in [0.29, 0.717) is 44.7 Å². The molecule has 0 saturated carbocycles. The largest absolute Gasteiger partial charge is 0.462 e. The van der Waals surface area contributed by atoms with Gasteiger partial charge in [0.05, 0.1) is 34.0 Å². The van der Waals surface area contributed by atoms with Crippen molar-refractivity contribution in [1.82, 2.24) is 15.1 Å². The number of fused-ring (bicyclic) bond motifs is 1. The minimum Gasteiger partial charge on any atom is -0.462 e. The molecule has 34 heavy (non-hydrogen) atoms. The van der Waals surface area contributed by atoms with E-state index in [4.69, 9.17) is 14.6 Å². The predicted octanol–water partition coefficient (Wildman–Crippen LogP) is 2.42. The van der Waals surface area contributed by atoms with Gasteiger partial charge in [-0.15, -0.1) is 0 Å². The van der Waals surface area contributed by atoms with Crippen LogP contribution in [0.5, 0.6) is 0 Å². The molecular weight excluding hydrogens is 458 g/mol. The normalized spacial score (nSPS) is 16.1. The highest BCUT2D eigenvalue weighted by atomic mass is 32.2. The lowest BCUT2D eigenvalue weighted by atomic mass is 10.1. The van der Waals surface area contributed by atoms with Gasteiger partial charge in [-0.2, -0.15) is 5.10 Å². The van der Waals surface area contributed by atoms with Crippen molar-refractivity contribution >= 4 is 21.7 Å². The standard InChI is InChI=1S/C24H33N3O6S/c1-4-20-22-21(10-6-12-32-13-7-11-25-23(22)28)27(26-20)15-17(2)16-33-24(29)18-8-5-9-19(14-18)34(3,30)31/h5,8-9,14,17H,4,6-7,10-13,15-16H2,1-3H3,(H,25,28)/t17-/m1/s1. The van der Waals surface area contributed by atoms with E-state index in [1.807, 2.05) is 18.5 Å². The van der Waals surface area contributed by atoms with Gasteiger partial charge in [-0.3, -0.25) is 9.48 Å². The molecule has 10 heteroatoms. The number of nitrogens with zero attached hydrogens (tertiary/aromatic N) is 2. The third-order valence-corrected chi connectivity index (χ3v) is 6.74. The molecule has 0 fully saturated rings. The van der Waals surface area contributed by atoms with Crippen LogP contribution in [0.2, 0.25) is 0 Å². The molecule has 1 aromatic carbocycles. The molecule has 0 aliphatic carbocycles. The Kier molecular flexibility index (Phi) is 8.84. The van der Waals surface area contributed by atoms with Crippen LogP contribution in [0, 0.1) is 5.92 Å². The number of carbonyl (C=O) groups is 2. The number of aromatic nitrogens is 2. The van der Waals surface area contributed by atoms with E-state index in [2.05, 4.69) is 5.32 Å². The second-order valence-corrected chi connectivity index (χ2v) is 10.6. The zero-order chi connectivity index (χ0) is 24.7. The van der Waals surface area contributed by atoms with Crippen LogP contribution in [0.4, 0.5) is 0 Å². The molecule has 3 rings (SSSR count). The average Bonchev–Trinajstić information content (AvgIpc) is 3.13. The summed E-state index contributed by atoms with van der Waals surface area (Å²) in [6.07, 6.45) is 3.96. The molecular formula is C24H33N3O6S. The number of sulfone groups is 1. The molecule has 0 radical (unpaired) electrons. The maximum Gasteiger partial charge on any atom is 0.338 e. The van der Waals surface area contributed by atoms with Crippen molar-refractivity contribution in [3.8, 4) is 0 Å². The Morgan fingerprint density at radius 3 is 2.79 bits per heavy atom. The average molecular weight is 492 g/mol. The van der Waals surface area contributed by atoms with Gasteiger partial charge in [-0.05, 0) is 43.9 Å². The second-order valence-electron chi connectivity index (χ2n) is 8.63. The van der Waals surface area contributed by atoms with Crippen LogP contribution in [0.3, 0.4) is 0 Å². The molecule has 1 atom stereocenters. The Morgan fingerprint density at radius 1 is 1.29 bits per heavy atom. The first-order chi connectivity index (χ1) is 16.2. The fourth-order valence-electron chi connectivity index (χ4n) is 3.88. The van der Waals surface area contributed by atoms with Gasteiger partial charge in [0.2, 0.25) is 0 Å². The first kappa shape index (κ1) is 25.9. The third kappa shape index (κ3) is 6.66. The van der Waals surface area contributed by atoms with Crippen LogP contribution in [0.1, 0.15) is 58.8 Å². The third-order valence-electron chi connectivity index (χ3n) is 5.63. The molecule has 0 spiro atoms. The molecule has 9 nitrogen and oxygen atoms in total. The first-order valence-corrected chi connectivity index (χ1v) is 13.5. The smallest absolute Gasteiger partial charge is 0.338 e. The van der Waals surface area contributed by atoms with Gasteiger partial charge in [-0.1, -0.05) is 19.9 Å². The maximum atomic E-state index is 12.9. The highest BCUT2D eigenvalue weighted by Gasteiger charge is 2.24. The topological polar surface area (TPSA) is 117 Å². The van der Waals surface area contributed by atoms with Crippen molar-refractivity contribution < 1.29 is 27.5 Å². The number of hydrogen-bond donors (Lipinski definition) is 1. The van der Waals surface area contributed by atoms with Gasteiger partial charge in [0.15, 0.2) is 9.84 Å². The maximum absolute atomic E-state index is 12.9. The molecule has 1 amide bonds. The Morgan fingerprint density at radius 2 is 2.06 bits per heavy atom. The molecule has 0 saturated heterocycles. The molecule has 186 valence electrons. The van der Waals surface area contributed by atoms with Crippen molar-refractivity contribution in [1.29, 1.82) is 0 Å². The summed E-state index contributed by atoms with van der Waals surface area (Å²) in [7, 11) is -3.42. The van der Waals surface area contributed by atoms with Crippen LogP contribution in [-0.2, 0) is 38.7 Å². The zero-order valence-electron chi connectivity index (χ0n) is 20.0. The van der Waals surface area contributed by atoms with Crippen molar-refractivity contribution in [3.63, 3.8) is 0 Å². The Balaban J connectivity index is 1.71. The van der Waals surface area contributed by atoms with Gasteiger partial charge in [0, 0.05) is 38.5 Å². The lowest BCUT2D eigenvalue weighted by Gasteiger charge is -2.15. The summed E-state index contributed by atoms with van der Waals surface area (Å²) in [5.74, 6) is -0.763. The molecule has 1 aliphatic heterocycles. The van der Waals surface area contributed by atoms with E-state index in [9.17, 15) is 18.0 Å². The zero-order valence-corrected chi connectivity index (χ0v) is 20.8. The number of carbonyl (C=O) groups excluding carboxylic acids is 2. The summed E-state index contributed by atoms with van der Waals surface area (Å²) in [5.41, 5.74) is 2.46. The van der Waals surface area contributed by atoms with Crippen molar-refractivity contribution in [3.05, 3.63) is 46.8 Å². The molecule has 1 N–H and O–H groups in total. The molecule has 0 bridgehead atoms. The van der Waals surface area contributed by atoms with Gasteiger partial charge in [0.1, 0.15) is 0 Å². The lowest BCUT2D eigenvalue weighted by Crippen LogP contribution is -2.27. The van der Waals surface area contributed by atoms with Crippen molar-refractivity contribution in [2.45, 2.75) is 51.0 Å². The number of hydrogen-bond acceptors (Lipinski definition) is 7. The lowest BCUT2D eigenvalue weighted by molar-refractivity contribution is 0.0435. The van der Waals surface area contributed by atoms with E-state index in [1.54, 1.807) is 0 Å². The fourth-order valence-corrected chi connectivity index (χ4v) is 4.54. The second kappa shape index (κ2) is 11.6. The van der Waals surface area contributed by atoms with Gasteiger partial charge >= 0.3 is 5.97 Å². The summed E-state index contributed by atoms with van der Waals surface area (Å²) < 4.78 is 36.4. The van der Waals surface area contributed by atoms with Crippen LogP contribution in [-0.4, -0.2) is 62.7 Å². The van der Waals surface area contributed by atoms with Gasteiger partial charge < -0.3 is 14.8 Å². The van der Waals surface area contributed by atoms with Crippen LogP contribution in [0.15, 0.2) is 29.2 Å². The quantitative estimate of drug-likeness (QED) is 0.591. The number of benzene rings is 1. The summed E-state index contributed by atoms with van der Waals surface area (Å²) in [6.45, 7) is 6.33. The number of nitrogens with one attached hydrogen (secondary N) is 1. The molecule has 1 aliphatic rings. The van der Waals surface area contributed by atoms with Crippen LogP contribution in [0.25, 0.3) is 0 Å². The highest BCUT2D eigenvalue weighted by molar-refractivity contribution is 7.90. The summed E-state index contributed by atoms with van der Waals surface area (Å²) >= 11 is 0. The van der Waals surface area contributed by atoms with Crippen molar-refractivity contribution in [2.75, 3.05) is 32.6 Å². The van der Waals surface area contributed by atoms with E-state index in [-0.39, 0.29) is 28.9 Å². The minimum absolute atomic E-state index is 0.0713. The Hall–Kier alpha value is -2.72. The Labute approximate surface area is 200 Å². The van der Waals surface area contributed by atoms with Crippen LogP contribution < -0.4 is 5.32 Å². The summed E-state index contributed by atoms with van der Waals surface area (Å²) in [4.78, 5) is 25.4. The summed E-state index contributed by atoms with van der Waals surface area (Å²) in [6, 6.07) is 5.81. The monoisotopic (exact) mass is 491 g/mol. The summed E-state index contributed by atoms with van der Waals surface area (Å²) in [5, 5.41) is 7.67. The van der Waals surface area contributed by atoms with Gasteiger partial charge in [0.25, 0.3) is 5.91 Å². The highest BCUT2D eigenvalue weighted by Crippen LogP contribution is 2.20. The fraction of sp³-hybridized carbons (Fsp3) is 0.542. The molecule has 0 unspecified atom stereocenters. The molecule has 2 heterocycles. The molecule has 2 aromatic rings. The number of amides is 1. The van der Waals surface area contributed by atoms with Crippen molar-refractivity contribution in [2.24, 2.45) is 5.92 Å². The van der Waals surface area contributed by atoms with E-state index in [1.165, 1.54) is 24.3 Å². The number of ether oxygens (including phenoxy) is 2. The SMILES string of the molecule is CCc1nn(C[C@@H](C)COC(=O)c2cccc(S(C)(=O)=O)c2)c2c1C(=O)NCCCOCCC2. The first-order valence-electron chi connectivity index (χ1n) is 11.6. The van der Waals surface area contributed by atoms with Gasteiger partial charge in [-0.25, -0.2) is 13.2 Å². The number of esters is 1. The minimum atomic E-state index is -3.42. The van der Waals surface area contributed by atoms with Crippen LogP contribution >= 0.6 is 0 Å². The predicted molar refractivity (Wildman–Crippen MR) is 127 cm³/mol. The number of rotatable bonds is 7. The molecule has 1 aromatic heterocycles. The number of aryl methyl sites for hydroxylation is 1. The van der Waals surface area contributed by atoms with E-state index in [0.717, 1.165) is 30.5 Å².